The molecule has 1 N–H and O–H groups in total. The molecule has 0 aromatic carbocycles. The van der Waals surface area contributed by atoms with E-state index in [0.717, 1.165) is 9.26 Å². The fourth-order valence-corrected chi connectivity index (χ4v) is 2.26. The van der Waals surface area contributed by atoms with Crippen molar-refractivity contribution in [2.45, 2.75) is 6.92 Å². The maximum absolute atomic E-state index is 11.3. The molecule has 3 heterocycles. The van der Waals surface area contributed by atoms with E-state index < -0.39 is 5.97 Å². The minimum Gasteiger partial charge on any atom is -0.477 e. The summed E-state index contributed by atoms with van der Waals surface area (Å²) < 4.78 is 7.43. The van der Waals surface area contributed by atoms with Crippen molar-refractivity contribution in [2.75, 3.05) is 0 Å². The lowest BCUT2D eigenvalue weighted by Crippen LogP contribution is -2.08. The third-order valence-corrected chi connectivity index (χ3v) is 3.95. The lowest BCUT2D eigenvalue weighted by atomic mass is 10.2. The van der Waals surface area contributed by atoms with Gasteiger partial charge in [0.2, 0.25) is 0 Å². The van der Waals surface area contributed by atoms with Crippen LogP contribution in [0.3, 0.4) is 0 Å². The van der Waals surface area contributed by atoms with Crippen LogP contribution in [0, 0.1) is 10.5 Å². The summed E-state index contributed by atoms with van der Waals surface area (Å²) >= 11 is 2.10. The van der Waals surface area contributed by atoms with E-state index in [2.05, 4.69) is 32.7 Å². The van der Waals surface area contributed by atoms with Crippen LogP contribution in [0.25, 0.3) is 17.1 Å². The van der Waals surface area contributed by atoms with E-state index in [-0.39, 0.29) is 5.69 Å². The highest BCUT2D eigenvalue weighted by molar-refractivity contribution is 14.1. The molecular weight excluding hydrogens is 361 g/mol. The Balaban J connectivity index is 2.38. The number of aromatic nitrogens is 3. The molecule has 0 saturated heterocycles. The number of hydrogen-bond acceptors (Lipinski definition) is 4. The van der Waals surface area contributed by atoms with Crippen molar-refractivity contribution >= 4 is 34.2 Å². The molecule has 0 atom stereocenters. The largest absolute Gasteiger partial charge is 0.477 e. The van der Waals surface area contributed by atoms with Crippen molar-refractivity contribution in [3.8, 4) is 11.5 Å². The summed E-state index contributed by atoms with van der Waals surface area (Å²) in [6.45, 7) is 1.81. The first-order valence-corrected chi connectivity index (χ1v) is 6.49. The van der Waals surface area contributed by atoms with E-state index >= 15 is 0 Å². The lowest BCUT2D eigenvalue weighted by molar-refractivity contribution is 0.0687. The standard InChI is InChI=1S/C12H8IN3O3/c1-6-10(13)11-14-7(9-3-2-4-19-9)5-8(12(17)18)16(11)15-6/h2-5H,1H3,(H,17,18). The summed E-state index contributed by atoms with van der Waals surface area (Å²) in [4.78, 5) is 15.8. The zero-order valence-corrected chi connectivity index (χ0v) is 12.0. The maximum Gasteiger partial charge on any atom is 0.354 e. The Bertz CT molecular complexity index is 777. The molecule has 0 fully saturated rings. The molecule has 3 aromatic rings. The number of nitrogens with zero attached hydrogens (tertiary/aromatic N) is 3. The van der Waals surface area contributed by atoms with E-state index in [1.165, 1.54) is 16.8 Å². The highest BCUT2D eigenvalue weighted by atomic mass is 127. The van der Waals surface area contributed by atoms with Gasteiger partial charge in [0.1, 0.15) is 5.69 Å². The first-order valence-electron chi connectivity index (χ1n) is 5.41. The van der Waals surface area contributed by atoms with E-state index in [4.69, 9.17) is 4.42 Å². The first kappa shape index (κ1) is 12.2. The Morgan fingerprint density at radius 1 is 1.53 bits per heavy atom. The van der Waals surface area contributed by atoms with Crippen molar-refractivity contribution in [2.24, 2.45) is 0 Å². The van der Waals surface area contributed by atoms with Gasteiger partial charge in [0.15, 0.2) is 17.1 Å². The third kappa shape index (κ3) is 1.89. The molecule has 3 aromatic heterocycles. The van der Waals surface area contributed by atoms with Gasteiger partial charge in [0, 0.05) is 6.07 Å². The van der Waals surface area contributed by atoms with Crippen molar-refractivity contribution in [1.29, 1.82) is 0 Å². The van der Waals surface area contributed by atoms with Crippen LogP contribution in [-0.2, 0) is 0 Å². The van der Waals surface area contributed by atoms with Crippen LogP contribution in [0.15, 0.2) is 28.9 Å². The Morgan fingerprint density at radius 2 is 2.32 bits per heavy atom. The van der Waals surface area contributed by atoms with Gasteiger partial charge in [0.25, 0.3) is 0 Å². The summed E-state index contributed by atoms with van der Waals surface area (Å²) in [6.07, 6.45) is 1.52. The zero-order chi connectivity index (χ0) is 13.6. The second-order valence-electron chi connectivity index (χ2n) is 3.94. The third-order valence-electron chi connectivity index (χ3n) is 2.69. The molecule has 0 aliphatic rings. The molecule has 6 nitrogen and oxygen atoms in total. The molecule has 7 heteroatoms. The molecule has 0 aliphatic carbocycles. The summed E-state index contributed by atoms with van der Waals surface area (Å²) in [5.74, 6) is -0.529. The number of carboxylic acid groups (broad SMARTS) is 1. The van der Waals surface area contributed by atoms with Gasteiger partial charge in [0.05, 0.1) is 15.5 Å². The molecule has 0 unspecified atom stereocenters. The molecule has 0 amide bonds. The Labute approximate surface area is 121 Å². The molecular formula is C12H8IN3O3. The van der Waals surface area contributed by atoms with Crippen LogP contribution in [0.4, 0.5) is 0 Å². The summed E-state index contributed by atoms with van der Waals surface area (Å²) in [5, 5.41) is 13.5. The summed E-state index contributed by atoms with van der Waals surface area (Å²) in [7, 11) is 0. The minimum absolute atomic E-state index is 0.0578. The number of carbonyl (C=O) groups is 1. The molecule has 3 rings (SSSR count). The number of furan rings is 1. The number of halogens is 1. The summed E-state index contributed by atoms with van der Waals surface area (Å²) in [6, 6.07) is 4.92. The SMILES string of the molecule is Cc1nn2c(C(=O)O)cc(-c3ccco3)nc2c1I. The highest BCUT2D eigenvalue weighted by Gasteiger charge is 2.18. The van der Waals surface area contributed by atoms with E-state index in [9.17, 15) is 9.90 Å². The van der Waals surface area contributed by atoms with Gasteiger partial charge in [-0.25, -0.2) is 14.3 Å². The van der Waals surface area contributed by atoms with Gasteiger partial charge in [-0.2, -0.15) is 5.10 Å². The molecule has 0 aliphatic heterocycles. The van der Waals surface area contributed by atoms with Crippen LogP contribution in [-0.4, -0.2) is 25.7 Å². The molecule has 19 heavy (non-hydrogen) atoms. The molecule has 96 valence electrons. The van der Waals surface area contributed by atoms with Gasteiger partial charge >= 0.3 is 5.97 Å². The van der Waals surface area contributed by atoms with Crippen molar-refractivity contribution < 1.29 is 14.3 Å². The van der Waals surface area contributed by atoms with Gasteiger partial charge in [-0.3, -0.25) is 0 Å². The fraction of sp³-hybridized carbons (Fsp3) is 0.0833. The first-order chi connectivity index (χ1) is 9.08. The molecule has 0 bridgehead atoms. The van der Waals surface area contributed by atoms with E-state index in [0.29, 0.717) is 17.1 Å². The zero-order valence-electron chi connectivity index (χ0n) is 9.79. The monoisotopic (exact) mass is 369 g/mol. The minimum atomic E-state index is -1.06. The predicted molar refractivity (Wildman–Crippen MR) is 75.1 cm³/mol. The Kier molecular flexibility index (Phi) is 2.77. The molecule has 0 spiro atoms. The Morgan fingerprint density at radius 3 is 2.95 bits per heavy atom. The number of fused-ring (bicyclic) bond motifs is 1. The van der Waals surface area contributed by atoms with Crippen LogP contribution < -0.4 is 0 Å². The van der Waals surface area contributed by atoms with E-state index in [1.54, 1.807) is 12.1 Å². The van der Waals surface area contributed by atoms with Gasteiger partial charge in [-0.15, -0.1) is 0 Å². The normalized spacial score (nSPS) is 11.1. The molecule has 0 radical (unpaired) electrons. The van der Waals surface area contributed by atoms with Crippen molar-refractivity contribution in [3.63, 3.8) is 0 Å². The van der Waals surface area contributed by atoms with Gasteiger partial charge < -0.3 is 9.52 Å². The van der Waals surface area contributed by atoms with Crippen LogP contribution in [0.2, 0.25) is 0 Å². The second-order valence-corrected chi connectivity index (χ2v) is 5.02. The smallest absolute Gasteiger partial charge is 0.354 e. The average Bonchev–Trinajstić information content (AvgIpc) is 2.99. The number of carboxylic acids is 1. The quantitative estimate of drug-likeness (QED) is 0.703. The van der Waals surface area contributed by atoms with Crippen molar-refractivity contribution in [3.05, 3.63) is 39.4 Å². The maximum atomic E-state index is 11.3. The topological polar surface area (TPSA) is 80.6 Å². The Hall–Kier alpha value is -1.90. The van der Waals surface area contributed by atoms with Crippen LogP contribution in [0.1, 0.15) is 16.2 Å². The average molecular weight is 369 g/mol. The number of hydrogen-bond donors (Lipinski definition) is 1. The molecule has 0 saturated carbocycles. The van der Waals surface area contributed by atoms with Crippen LogP contribution in [0.5, 0.6) is 0 Å². The van der Waals surface area contributed by atoms with Gasteiger partial charge in [-0.1, -0.05) is 0 Å². The fourth-order valence-electron chi connectivity index (χ4n) is 1.80. The lowest BCUT2D eigenvalue weighted by Gasteiger charge is -2.02. The van der Waals surface area contributed by atoms with Crippen LogP contribution >= 0.6 is 22.6 Å². The number of aryl methyl sites for hydroxylation is 1. The number of rotatable bonds is 2. The summed E-state index contributed by atoms with van der Waals surface area (Å²) in [5.41, 5.74) is 1.80. The van der Waals surface area contributed by atoms with Gasteiger partial charge in [-0.05, 0) is 41.6 Å². The predicted octanol–water partition coefficient (Wildman–Crippen LogP) is 2.60. The second kappa shape index (κ2) is 4.34. The van der Waals surface area contributed by atoms with E-state index in [1.807, 2.05) is 6.92 Å². The number of aromatic carboxylic acids is 1. The highest BCUT2D eigenvalue weighted by Crippen LogP contribution is 2.23. The van der Waals surface area contributed by atoms with Crippen molar-refractivity contribution in [1.82, 2.24) is 14.6 Å².